The molecule has 0 aliphatic carbocycles. The van der Waals surface area contributed by atoms with Gasteiger partial charge in [-0.25, -0.2) is 13.8 Å². The topological polar surface area (TPSA) is 88.3 Å². The molecule has 1 saturated heterocycles. The number of hydrogen-bond donors (Lipinski definition) is 2. The van der Waals surface area contributed by atoms with Crippen molar-refractivity contribution in [3.8, 4) is 0 Å². The number of amides is 1. The molecular formula is C23H21ClF2N4O2S. The minimum atomic E-state index is -0.949. The Kier molecular flexibility index (Phi) is 6.62. The molecule has 0 saturated carbocycles. The summed E-state index contributed by atoms with van der Waals surface area (Å²) in [4.78, 5) is 31.3. The molecular weight excluding hydrogens is 470 g/mol. The van der Waals surface area contributed by atoms with Gasteiger partial charge in [-0.3, -0.25) is 9.59 Å². The Hall–Kier alpha value is -3.04. The molecule has 1 aliphatic rings. The van der Waals surface area contributed by atoms with Gasteiger partial charge in [-0.05, 0) is 55.7 Å². The van der Waals surface area contributed by atoms with Gasteiger partial charge in [0.2, 0.25) is 5.78 Å². The van der Waals surface area contributed by atoms with Crippen LogP contribution in [0.15, 0.2) is 36.4 Å². The minimum absolute atomic E-state index is 0.0136. The van der Waals surface area contributed by atoms with Gasteiger partial charge in [-0.2, -0.15) is 0 Å². The molecule has 1 amide bonds. The lowest BCUT2D eigenvalue weighted by Gasteiger charge is -2.32. The van der Waals surface area contributed by atoms with Crippen molar-refractivity contribution in [3.05, 3.63) is 74.6 Å². The first-order valence-electron chi connectivity index (χ1n) is 10.3. The van der Waals surface area contributed by atoms with Crippen LogP contribution >= 0.6 is 22.9 Å². The number of piperidine rings is 1. The van der Waals surface area contributed by atoms with Crippen LogP contribution in [0.5, 0.6) is 0 Å². The highest BCUT2D eigenvalue weighted by molar-refractivity contribution is 7.18. The van der Waals surface area contributed by atoms with Gasteiger partial charge in [0.15, 0.2) is 5.13 Å². The molecule has 3 aromatic rings. The van der Waals surface area contributed by atoms with E-state index in [1.165, 1.54) is 6.07 Å². The number of carbonyl (C=O) groups is 2. The van der Waals surface area contributed by atoms with E-state index in [1.54, 1.807) is 23.1 Å². The molecule has 10 heteroatoms. The standard InChI is InChI=1S/C23H21ClF2N4O2S/c1-12-11-13(5-6-15(12)24)22(32)30-9-7-14(8-10-30)28-23-29-21(27)20(33-23)19(31)18-16(25)3-2-4-17(18)26/h2-6,11,14H,7-10,27H2,1H3,(H,28,29). The summed E-state index contributed by atoms with van der Waals surface area (Å²) in [6, 6.07) is 8.47. The average molecular weight is 491 g/mol. The summed E-state index contributed by atoms with van der Waals surface area (Å²) < 4.78 is 28.0. The number of nitrogens with two attached hydrogens (primary N) is 1. The maximum atomic E-state index is 14.0. The Bertz CT molecular complexity index is 1200. The number of ketones is 1. The summed E-state index contributed by atoms with van der Waals surface area (Å²) in [6.07, 6.45) is 1.34. The van der Waals surface area contributed by atoms with Gasteiger partial charge in [0.1, 0.15) is 22.3 Å². The summed E-state index contributed by atoms with van der Waals surface area (Å²) in [5.41, 5.74) is 6.66. The van der Waals surface area contributed by atoms with Gasteiger partial charge < -0.3 is 16.0 Å². The summed E-state index contributed by atoms with van der Waals surface area (Å²) in [7, 11) is 0. The molecule has 2 aromatic carbocycles. The summed E-state index contributed by atoms with van der Waals surface area (Å²) in [6.45, 7) is 2.95. The number of rotatable bonds is 5. The van der Waals surface area contributed by atoms with Crippen LogP contribution in [0.2, 0.25) is 5.02 Å². The van der Waals surface area contributed by atoms with Crippen molar-refractivity contribution >= 4 is 45.6 Å². The van der Waals surface area contributed by atoms with Crippen molar-refractivity contribution in [2.45, 2.75) is 25.8 Å². The Morgan fingerprint density at radius 1 is 1.18 bits per heavy atom. The van der Waals surface area contributed by atoms with Crippen LogP contribution in [-0.2, 0) is 0 Å². The number of nitrogens with zero attached hydrogens (tertiary/aromatic N) is 2. The van der Waals surface area contributed by atoms with Gasteiger partial charge in [0.05, 0.1) is 5.56 Å². The number of likely N-dealkylation sites (tertiary alicyclic amines) is 1. The summed E-state index contributed by atoms with van der Waals surface area (Å²) in [5.74, 6) is -2.87. The Balaban J connectivity index is 1.40. The second kappa shape index (κ2) is 9.44. The normalized spacial score (nSPS) is 14.4. The number of aryl methyl sites for hydroxylation is 1. The first-order valence-corrected chi connectivity index (χ1v) is 11.5. The van der Waals surface area contributed by atoms with E-state index in [0.717, 1.165) is 29.0 Å². The molecule has 6 nitrogen and oxygen atoms in total. The van der Waals surface area contributed by atoms with Crippen LogP contribution in [0.25, 0.3) is 0 Å². The predicted molar refractivity (Wildman–Crippen MR) is 125 cm³/mol. The smallest absolute Gasteiger partial charge is 0.253 e. The maximum Gasteiger partial charge on any atom is 0.253 e. The highest BCUT2D eigenvalue weighted by Crippen LogP contribution is 2.30. The van der Waals surface area contributed by atoms with Crippen molar-refractivity contribution in [2.75, 3.05) is 24.1 Å². The largest absolute Gasteiger partial charge is 0.382 e. The Morgan fingerprint density at radius 2 is 1.85 bits per heavy atom. The zero-order valence-electron chi connectivity index (χ0n) is 17.7. The van der Waals surface area contributed by atoms with E-state index in [-0.39, 0.29) is 22.6 Å². The number of benzene rings is 2. The number of nitrogen functional groups attached to an aromatic ring is 1. The van der Waals surface area contributed by atoms with Crippen LogP contribution in [0.3, 0.4) is 0 Å². The van der Waals surface area contributed by atoms with Gasteiger partial charge in [-0.15, -0.1) is 0 Å². The first kappa shape index (κ1) is 23.1. The third-order valence-corrected chi connectivity index (χ3v) is 6.99. The number of carbonyl (C=O) groups excluding carboxylic acids is 2. The summed E-state index contributed by atoms with van der Waals surface area (Å²) in [5, 5.41) is 4.24. The molecule has 4 rings (SSSR count). The monoisotopic (exact) mass is 490 g/mol. The van der Waals surface area contributed by atoms with Crippen LogP contribution in [-0.4, -0.2) is 40.7 Å². The average Bonchev–Trinajstić information content (AvgIpc) is 3.15. The molecule has 1 fully saturated rings. The van der Waals surface area contributed by atoms with Crippen LogP contribution in [0.4, 0.5) is 19.7 Å². The molecule has 0 radical (unpaired) electrons. The zero-order valence-corrected chi connectivity index (χ0v) is 19.3. The van der Waals surface area contributed by atoms with Crippen molar-refractivity contribution < 1.29 is 18.4 Å². The second-order valence-corrected chi connectivity index (χ2v) is 9.24. The molecule has 172 valence electrons. The molecule has 2 heterocycles. The number of thiazole rings is 1. The van der Waals surface area contributed by atoms with Gasteiger partial charge in [0.25, 0.3) is 5.91 Å². The van der Waals surface area contributed by atoms with E-state index < -0.39 is 23.0 Å². The van der Waals surface area contributed by atoms with E-state index in [4.69, 9.17) is 17.3 Å². The lowest BCUT2D eigenvalue weighted by atomic mass is 10.0. The molecule has 0 bridgehead atoms. The lowest BCUT2D eigenvalue weighted by molar-refractivity contribution is 0.0718. The van der Waals surface area contributed by atoms with Crippen LogP contribution < -0.4 is 11.1 Å². The van der Waals surface area contributed by atoms with E-state index in [1.807, 2.05) is 6.92 Å². The van der Waals surface area contributed by atoms with Crippen molar-refractivity contribution in [1.29, 1.82) is 0 Å². The quantitative estimate of drug-likeness (QED) is 0.496. The molecule has 0 spiro atoms. The molecule has 0 unspecified atom stereocenters. The number of aromatic nitrogens is 1. The van der Waals surface area contributed by atoms with E-state index in [2.05, 4.69) is 10.3 Å². The van der Waals surface area contributed by atoms with Crippen LogP contribution in [0.1, 0.15) is 44.0 Å². The van der Waals surface area contributed by atoms with Crippen molar-refractivity contribution in [3.63, 3.8) is 0 Å². The Labute approximate surface area is 198 Å². The molecule has 3 N–H and O–H groups in total. The van der Waals surface area contributed by atoms with Crippen molar-refractivity contribution in [1.82, 2.24) is 9.88 Å². The minimum Gasteiger partial charge on any atom is -0.382 e. The third-order valence-electron chi connectivity index (χ3n) is 5.56. The van der Waals surface area contributed by atoms with E-state index in [0.29, 0.717) is 41.6 Å². The number of anilines is 2. The zero-order chi connectivity index (χ0) is 23.7. The first-order chi connectivity index (χ1) is 15.7. The molecule has 0 atom stereocenters. The fraction of sp³-hybridized carbons (Fsp3) is 0.261. The van der Waals surface area contributed by atoms with Gasteiger partial charge >= 0.3 is 0 Å². The predicted octanol–water partition coefficient (Wildman–Crippen LogP) is 4.91. The highest BCUT2D eigenvalue weighted by atomic mass is 35.5. The second-order valence-electron chi connectivity index (χ2n) is 7.83. The molecule has 33 heavy (non-hydrogen) atoms. The molecule has 1 aliphatic heterocycles. The van der Waals surface area contributed by atoms with Crippen molar-refractivity contribution in [2.24, 2.45) is 0 Å². The third kappa shape index (κ3) is 4.84. The fourth-order valence-corrected chi connectivity index (χ4v) is 4.77. The highest BCUT2D eigenvalue weighted by Gasteiger charge is 2.27. The number of halogens is 3. The SMILES string of the molecule is Cc1cc(C(=O)N2CCC(Nc3nc(N)c(C(=O)c4c(F)cccc4F)s3)CC2)ccc1Cl. The lowest BCUT2D eigenvalue weighted by Crippen LogP contribution is -2.42. The van der Waals surface area contributed by atoms with Gasteiger partial charge in [-0.1, -0.05) is 29.0 Å². The van der Waals surface area contributed by atoms with Crippen LogP contribution in [0, 0.1) is 18.6 Å². The summed E-state index contributed by atoms with van der Waals surface area (Å²) >= 11 is 7.00. The van der Waals surface area contributed by atoms with E-state index in [9.17, 15) is 18.4 Å². The Morgan fingerprint density at radius 3 is 2.48 bits per heavy atom. The fourth-order valence-electron chi connectivity index (χ4n) is 3.75. The van der Waals surface area contributed by atoms with E-state index >= 15 is 0 Å². The molecule has 1 aromatic heterocycles. The van der Waals surface area contributed by atoms with Gasteiger partial charge in [0, 0.05) is 29.7 Å². The number of nitrogens with one attached hydrogen (secondary N) is 1. The number of hydrogen-bond acceptors (Lipinski definition) is 6. The maximum absolute atomic E-state index is 14.0.